The minimum absolute atomic E-state index is 0.0124. The van der Waals surface area contributed by atoms with E-state index in [1.54, 1.807) is 49.4 Å². The van der Waals surface area contributed by atoms with Gasteiger partial charge >= 0.3 is 5.97 Å². The van der Waals surface area contributed by atoms with Gasteiger partial charge in [-0.25, -0.2) is 13.2 Å². The molecule has 0 fully saturated rings. The second-order valence-corrected chi connectivity index (χ2v) is 8.18. The van der Waals surface area contributed by atoms with E-state index in [0.717, 1.165) is 5.56 Å². The number of hydrogen-bond donors (Lipinski definition) is 1. The quantitative estimate of drug-likeness (QED) is 0.766. The first-order valence-electron chi connectivity index (χ1n) is 8.26. The van der Waals surface area contributed by atoms with Crippen molar-refractivity contribution in [3.8, 4) is 0 Å². The minimum Gasteiger partial charge on any atom is -0.465 e. The molecular formula is C19H22N2O5S. The molecule has 0 radical (unpaired) electrons. The van der Waals surface area contributed by atoms with Crippen molar-refractivity contribution in [2.45, 2.75) is 13.8 Å². The second kappa shape index (κ2) is 8.22. The summed E-state index contributed by atoms with van der Waals surface area (Å²) >= 11 is 0. The average molecular weight is 390 g/mol. The van der Waals surface area contributed by atoms with E-state index in [1.165, 1.54) is 18.5 Å². The SMILES string of the molecule is CCS(=O)(=O)N(C)c1ccc(C(=O)Nc2cc(C(=O)OC)ccc2C)cc1. The maximum atomic E-state index is 12.5. The Morgan fingerprint density at radius 1 is 1.07 bits per heavy atom. The van der Waals surface area contributed by atoms with Gasteiger partial charge in [-0.15, -0.1) is 0 Å². The number of sulfonamides is 1. The largest absolute Gasteiger partial charge is 0.465 e. The van der Waals surface area contributed by atoms with Crippen molar-refractivity contribution in [2.75, 3.05) is 29.5 Å². The molecule has 0 unspecified atom stereocenters. The molecule has 0 saturated heterocycles. The lowest BCUT2D eigenvalue weighted by molar-refractivity contribution is 0.0600. The number of nitrogens with zero attached hydrogens (tertiary/aromatic N) is 1. The van der Waals surface area contributed by atoms with E-state index in [-0.39, 0.29) is 11.7 Å². The normalized spacial score (nSPS) is 11.0. The third-order valence-corrected chi connectivity index (χ3v) is 5.96. The minimum atomic E-state index is -3.36. The number of benzene rings is 2. The van der Waals surface area contributed by atoms with Gasteiger partial charge in [0.1, 0.15) is 0 Å². The summed E-state index contributed by atoms with van der Waals surface area (Å²) in [6, 6.07) is 11.1. The summed E-state index contributed by atoms with van der Waals surface area (Å²) in [6.07, 6.45) is 0. The third-order valence-electron chi connectivity index (χ3n) is 4.18. The van der Waals surface area contributed by atoms with E-state index in [0.29, 0.717) is 22.5 Å². The lowest BCUT2D eigenvalue weighted by Gasteiger charge is -2.18. The van der Waals surface area contributed by atoms with Crippen molar-refractivity contribution in [1.82, 2.24) is 0 Å². The molecule has 2 aromatic rings. The fourth-order valence-electron chi connectivity index (χ4n) is 2.37. The number of methoxy groups -OCH3 is 1. The topological polar surface area (TPSA) is 92.8 Å². The van der Waals surface area contributed by atoms with Gasteiger partial charge in [0.2, 0.25) is 10.0 Å². The van der Waals surface area contributed by atoms with Gasteiger partial charge in [-0.2, -0.15) is 0 Å². The molecule has 0 bridgehead atoms. The van der Waals surface area contributed by atoms with Gasteiger partial charge in [-0.3, -0.25) is 9.10 Å². The van der Waals surface area contributed by atoms with Crippen molar-refractivity contribution in [3.63, 3.8) is 0 Å². The van der Waals surface area contributed by atoms with Crippen molar-refractivity contribution in [3.05, 3.63) is 59.2 Å². The van der Waals surface area contributed by atoms with Crippen molar-refractivity contribution < 1.29 is 22.7 Å². The number of aryl methyl sites for hydroxylation is 1. The van der Waals surface area contributed by atoms with Crippen LogP contribution in [0.1, 0.15) is 33.2 Å². The van der Waals surface area contributed by atoms with Gasteiger partial charge in [0.15, 0.2) is 0 Å². The third kappa shape index (κ3) is 4.65. The second-order valence-electron chi connectivity index (χ2n) is 5.89. The summed E-state index contributed by atoms with van der Waals surface area (Å²) in [5.74, 6) is -0.871. The maximum absolute atomic E-state index is 12.5. The summed E-state index contributed by atoms with van der Waals surface area (Å²) in [5, 5.41) is 2.76. The van der Waals surface area contributed by atoms with Crippen LogP contribution in [0.15, 0.2) is 42.5 Å². The Balaban J connectivity index is 2.21. The number of nitrogens with one attached hydrogen (secondary N) is 1. The van der Waals surface area contributed by atoms with Crippen LogP contribution in [-0.4, -0.2) is 40.2 Å². The Bertz CT molecular complexity index is 953. The van der Waals surface area contributed by atoms with Crippen LogP contribution in [0.25, 0.3) is 0 Å². The van der Waals surface area contributed by atoms with Crippen LogP contribution in [-0.2, 0) is 14.8 Å². The highest BCUT2D eigenvalue weighted by Crippen LogP contribution is 2.21. The molecule has 0 atom stereocenters. The van der Waals surface area contributed by atoms with Crippen LogP contribution in [0, 0.1) is 6.92 Å². The molecule has 0 aliphatic rings. The molecule has 144 valence electrons. The first kappa shape index (κ1) is 20.4. The number of carbonyl (C=O) groups excluding carboxylic acids is 2. The summed E-state index contributed by atoms with van der Waals surface area (Å²) in [7, 11) is -0.608. The van der Waals surface area contributed by atoms with Crippen LogP contribution in [0.4, 0.5) is 11.4 Å². The number of ether oxygens (including phenoxy) is 1. The van der Waals surface area contributed by atoms with Crippen molar-refractivity contribution in [1.29, 1.82) is 0 Å². The monoisotopic (exact) mass is 390 g/mol. The van der Waals surface area contributed by atoms with Gasteiger partial charge in [-0.05, 0) is 55.8 Å². The van der Waals surface area contributed by atoms with E-state index in [9.17, 15) is 18.0 Å². The zero-order chi connectivity index (χ0) is 20.2. The number of amides is 1. The molecule has 0 spiro atoms. The number of esters is 1. The molecule has 0 aliphatic heterocycles. The molecule has 0 heterocycles. The van der Waals surface area contributed by atoms with Gasteiger partial charge < -0.3 is 10.1 Å². The van der Waals surface area contributed by atoms with E-state index in [2.05, 4.69) is 10.1 Å². The van der Waals surface area contributed by atoms with Crippen LogP contribution in [0.5, 0.6) is 0 Å². The zero-order valence-electron chi connectivity index (χ0n) is 15.6. The standard InChI is InChI=1S/C19H22N2O5S/c1-5-27(24,25)21(3)16-10-8-14(9-11-16)18(22)20-17-12-15(19(23)26-4)7-6-13(17)2/h6-12H,5H2,1-4H3,(H,20,22). The molecule has 1 N–H and O–H groups in total. The lowest BCUT2D eigenvalue weighted by atomic mass is 10.1. The van der Waals surface area contributed by atoms with Crippen LogP contribution in [0.2, 0.25) is 0 Å². The van der Waals surface area contributed by atoms with E-state index in [1.807, 2.05) is 6.92 Å². The summed E-state index contributed by atoms with van der Waals surface area (Å²) in [6.45, 7) is 3.38. The van der Waals surface area contributed by atoms with Crippen molar-refractivity contribution >= 4 is 33.3 Å². The van der Waals surface area contributed by atoms with Gasteiger partial charge in [-0.1, -0.05) is 6.07 Å². The number of carbonyl (C=O) groups is 2. The molecule has 0 saturated carbocycles. The van der Waals surface area contributed by atoms with Crippen LogP contribution < -0.4 is 9.62 Å². The first-order valence-corrected chi connectivity index (χ1v) is 9.87. The van der Waals surface area contributed by atoms with E-state index < -0.39 is 16.0 Å². The highest BCUT2D eigenvalue weighted by atomic mass is 32.2. The molecule has 0 aliphatic carbocycles. The Morgan fingerprint density at radius 3 is 2.22 bits per heavy atom. The maximum Gasteiger partial charge on any atom is 0.337 e. The van der Waals surface area contributed by atoms with Crippen LogP contribution >= 0.6 is 0 Å². The summed E-state index contributed by atoms with van der Waals surface area (Å²) in [4.78, 5) is 24.1. The zero-order valence-corrected chi connectivity index (χ0v) is 16.5. The average Bonchev–Trinajstić information content (AvgIpc) is 2.68. The number of anilines is 2. The van der Waals surface area contributed by atoms with Gasteiger partial charge in [0, 0.05) is 18.3 Å². The Hall–Kier alpha value is -2.87. The molecule has 0 aromatic heterocycles. The molecule has 7 nitrogen and oxygen atoms in total. The predicted molar refractivity (Wildman–Crippen MR) is 105 cm³/mol. The summed E-state index contributed by atoms with van der Waals surface area (Å²) < 4.78 is 29.7. The Morgan fingerprint density at radius 2 is 1.67 bits per heavy atom. The molecule has 2 rings (SSSR count). The van der Waals surface area contributed by atoms with E-state index in [4.69, 9.17) is 0 Å². The molecule has 1 amide bonds. The lowest BCUT2D eigenvalue weighted by Crippen LogP contribution is -2.28. The number of hydrogen-bond acceptors (Lipinski definition) is 5. The molecule has 2 aromatic carbocycles. The predicted octanol–water partition coefficient (Wildman–Crippen LogP) is 2.82. The first-order chi connectivity index (χ1) is 12.7. The molecule has 8 heteroatoms. The van der Waals surface area contributed by atoms with E-state index >= 15 is 0 Å². The smallest absolute Gasteiger partial charge is 0.337 e. The Labute approximate surface area is 159 Å². The van der Waals surface area contributed by atoms with Crippen molar-refractivity contribution in [2.24, 2.45) is 0 Å². The van der Waals surface area contributed by atoms with Gasteiger partial charge in [0.05, 0.1) is 24.1 Å². The Kier molecular flexibility index (Phi) is 6.22. The van der Waals surface area contributed by atoms with Crippen LogP contribution in [0.3, 0.4) is 0 Å². The molecule has 27 heavy (non-hydrogen) atoms. The number of rotatable bonds is 6. The highest BCUT2D eigenvalue weighted by molar-refractivity contribution is 7.92. The fraction of sp³-hybridized carbons (Fsp3) is 0.263. The fourth-order valence-corrected chi connectivity index (χ4v) is 3.20. The molecular weight excluding hydrogens is 368 g/mol. The van der Waals surface area contributed by atoms with Gasteiger partial charge in [0.25, 0.3) is 5.91 Å². The summed E-state index contributed by atoms with van der Waals surface area (Å²) in [5.41, 5.74) is 2.46. The highest BCUT2D eigenvalue weighted by Gasteiger charge is 2.17.